The van der Waals surface area contributed by atoms with Gasteiger partial charge in [0.25, 0.3) is 0 Å². The molecule has 15 heavy (non-hydrogen) atoms. The number of likely N-dealkylation sites (tertiary alicyclic amines) is 1. The predicted octanol–water partition coefficient (Wildman–Crippen LogP) is 1.74. The summed E-state index contributed by atoms with van der Waals surface area (Å²) in [7, 11) is 0. The van der Waals surface area contributed by atoms with Crippen molar-refractivity contribution in [1.82, 2.24) is 9.88 Å². The molecule has 0 aliphatic carbocycles. The number of nitrogens with zero attached hydrogens (tertiary/aromatic N) is 2. The number of carbonyl (C=O) groups is 1. The highest BCUT2D eigenvalue weighted by Crippen LogP contribution is 2.14. The van der Waals surface area contributed by atoms with Gasteiger partial charge in [0.15, 0.2) is 0 Å². The van der Waals surface area contributed by atoms with Crippen LogP contribution in [0.25, 0.3) is 0 Å². The lowest BCUT2D eigenvalue weighted by atomic mass is 10.0. The summed E-state index contributed by atoms with van der Waals surface area (Å²) in [6, 6.07) is 0.407. The molecule has 0 spiro atoms. The average Bonchev–Trinajstić information content (AvgIpc) is 2.69. The number of aromatic nitrogens is 1. The first-order chi connectivity index (χ1) is 7.25. The van der Waals surface area contributed by atoms with Crippen molar-refractivity contribution in [2.45, 2.75) is 32.2 Å². The third-order valence-electron chi connectivity index (χ3n) is 2.96. The SMILES string of the molecule is CC1CC(=O)CCN1CCc1cscn1. The Bertz CT molecular complexity index is 323. The van der Waals surface area contributed by atoms with Crippen molar-refractivity contribution in [3.63, 3.8) is 0 Å². The van der Waals surface area contributed by atoms with Crippen LogP contribution in [0.5, 0.6) is 0 Å². The monoisotopic (exact) mass is 224 g/mol. The standard InChI is InChI=1S/C11H16N2OS/c1-9-6-11(14)3-5-13(9)4-2-10-7-15-8-12-10/h7-9H,2-6H2,1H3. The highest BCUT2D eigenvalue weighted by Gasteiger charge is 2.22. The molecule has 3 nitrogen and oxygen atoms in total. The Labute approximate surface area is 94.1 Å². The average molecular weight is 224 g/mol. The maximum Gasteiger partial charge on any atom is 0.135 e. The van der Waals surface area contributed by atoms with E-state index in [4.69, 9.17) is 0 Å². The molecule has 0 saturated carbocycles. The van der Waals surface area contributed by atoms with Crippen LogP contribution in [0.2, 0.25) is 0 Å². The van der Waals surface area contributed by atoms with Crippen LogP contribution in [0, 0.1) is 0 Å². The lowest BCUT2D eigenvalue weighted by Crippen LogP contribution is -2.42. The first-order valence-corrected chi connectivity index (χ1v) is 6.33. The molecule has 1 fully saturated rings. The van der Waals surface area contributed by atoms with Crippen LogP contribution >= 0.6 is 11.3 Å². The molecule has 2 heterocycles. The second-order valence-corrected chi connectivity index (χ2v) is 4.83. The van der Waals surface area contributed by atoms with Crippen LogP contribution in [0.15, 0.2) is 10.9 Å². The van der Waals surface area contributed by atoms with Gasteiger partial charge in [0.1, 0.15) is 5.78 Å². The Hall–Kier alpha value is -0.740. The zero-order chi connectivity index (χ0) is 10.7. The summed E-state index contributed by atoms with van der Waals surface area (Å²) >= 11 is 1.64. The summed E-state index contributed by atoms with van der Waals surface area (Å²) in [6.07, 6.45) is 2.44. The summed E-state index contributed by atoms with van der Waals surface area (Å²) in [5.41, 5.74) is 3.04. The Balaban J connectivity index is 1.82. The first kappa shape index (κ1) is 10.8. The van der Waals surface area contributed by atoms with Gasteiger partial charge in [-0.1, -0.05) is 0 Å². The van der Waals surface area contributed by atoms with Gasteiger partial charge in [-0.25, -0.2) is 4.98 Å². The van der Waals surface area contributed by atoms with E-state index in [2.05, 4.69) is 22.2 Å². The van der Waals surface area contributed by atoms with Crippen LogP contribution in [0.4, 0.5) is 0 Å². The topological polar surface area (TPSA) is 33.2 Å². The highest BCUT2D eigenvalue weighted by atomic mass is 32.1. The van der Waals surface area contributed by atoms with Gasteiger partial charge in [-0.2, -0.15) is 0 Å². The smallest absolute Gasteiger partial charge is 0.135 e. The molecule has 1 aromatic rings. The van der Waals surface area contributed by atoms with Crippen molar-refractivity contribution >= 4 is 17.1 Å². The molecule has 0 amide bonds. The van der Waals surface area contributed by atoms with E-state index in [1.807, 2.05) is 5.51 Å². The van der Waals surface area contributed by atoms with Crippen LogP contribution in [-0.4, -0.2) is 34.8 Å². The molecule has 1 aliphatic rings. The maximum absolute atomic E-state index is 11.2. The van der Waals surface area contributed by atoms with E-state index in [1.54, 1.807) is 11.3 Å². The van der Waals surface area contributed by atoms with Crippen molar-refractivity contribution in [3.8, 4) is 0 Å². The summed E-state index contributed by atoms with van der Waals surface area (Å²) in [5.74, 6) is 0.410. The van der Waals surface area contributed by atoms with E-state index in [9.17, 15) is 4.79 Å². The summed E-state index contributed by atoms with van der Waals surface area (Å²) in [6.45, 7) is 4.08. The Morgan fingerprint density at radius 1 is 1.67 bits per heavy atom. The van der Waals surface area contributed by atoms with Crippen molar-refractivity contribution in [3.05, 3.63) is 16.6 Å². The van der Waals surface area contributed by atoms with Crippen molar-refractivity contribution in [1.29, 1.82) is 0 Å². The zero-order valence-electron chi connectivity index (χ0n) is 8.98. The molecule has 1 aromatic heterocycles. The first-order valence-electron chi connectivity index (χ1n) is 5.38. The van der Waals surface area contributed by atoms with Gasteiger partial charge in [-0.05, 0) is 6.92 Å². The van der Waals surface area contributed by atoms with E-state index in [1.165, 1.54) is 5.69 Å². The summed E-state index contributed by atoms with van der Waals surface area (Å²) in [5, 5.41) is 2.10. The maximum atomic E-state index is 11.2. The molecule has 0 radical (unpaired) electrons. The highest BCUT2D eigenvalue weighted by molar-refractivity contribution is 7.07. The minimum atomic E-state index is 0.407. The van der Waals surface area contributed by atoms with E-state index in [0.29, 0.717) is 11.8 Å². The lowest BCUT2D eigenvalue weighted by Gasteiger charge is -2.32. The van der Waals surface area contributed by atoms with Gasteiger partial charge in [0.05, 0.1) is 11.2 Å². The van der Waals surface area contributed by atoms with E-state index < -0.39 is 0 Å². The fourth-order valence-electron chi connectivity index (χ4n) is 2.00. The number of piperidine rings is 1. The lowest BCUT2D eigenvalue weighted by molar-refractivity contribution is -0.122. The number of Topliss-reactive ketones (excluding diaryl/α,β-unsaturated/α-hetero) is 1. The quantitative estimate of drug-likeness (QED) is 0.784. The van der Waals surface area contributed by atoms with Gasteiger partial charge in [-0.3, -0.25) is 9.69 Å². The minimum Gasteiger partial charge on any atom is -0.300 e. The third-order valence-corrected chi connectivity index (χ3v) is 3.60. The fraction of sp³-hybridized carbons (Fsp3) is 0.636. The molecular weight excluding hydrogens is 208 g/mol. The van der Waals surface area contributed by atoms with Gasteiger partial charge in [0, 0.05) is 43.8 Å². The van der Waals surface area contributed by atoms with Crippen LogP contribution in [0.1, 0.15) is 25.5 Å². The van der Waals surface area contributed by atoms with Crippen molar-refractivity contribution in [2.24, 2.45) is 0 Å². The Morgan fingerprint density at radius 2 is 2.53 bits per heavy atom. The molecule has 0 N–H and O–H groups in total. The molecule has 82 valence electrons. The Morgan fingerprint density at radius 3 is 3.20 bits per heavy atom. The molecule has 2 rings (SSSR count). The number of thiazole rings is 1. The van der Waals surface area contributed by atoms with E-state index in [0.717, 1.165) is 32.4 Å². The number of ketones is 1. The van der Waals surface area contributed by atoms with Gasteiger partial charge < -0.3 is 0 Å². The fourth-order valence-corrected chi connectivity index (χ4v) is 2.59. The summed E-state index contributed by atoms with van der Waals surface area (Å²) < 4.78 is 0. The number of carbonyl (C=O) groups excluding carboxylic acids is 1. The summed E-state index contributed by atoms with van der Waals surface area (Å²) in [4.78, 5) is 17.9. The Kier molecular flexibility index (Phi) is 3.49. The second kappa shape index (κ2) is 4.86. The largest absolute Gasteiger partial charge is 0.300 e. The predicted molar refractivity (Wildman–Crippen MR) is 61.1 cm³/mol. The van der Waals surface area contributed by atoms with Crippen molar-refractivity contribution < 1.29 is 4.79 Å². The molecule has 1 atom stereocenters. The molecule has 0 aromatic carbocycles. The zero-order valence-corrected chi connectivity index (χ0v) is 9.80. The normalized spacial score (nSPS) is 23.3. The van der Waals surface area contributed by atoms with Gasteiger partial charge in [-0.15, -0.1) is 11.3 Å². The molecule has 1 unspecified atom stereocenters. The second-order valence-electron chi connectivity index (χ2n) is 4.11. The molecular formula is C11H16N2OS. The van der Waals surface area contributed by atoms with Crippen molar-refractivity contribution in [2.75, 3.05) is 13.1 Å². The van der Waals surface area contributed by atoms with Crippen LogP contribution < -0.4 is 0 Å². The number of rotatable bonds is 3. The number of hydrogen-bond donors (Lipinski definition) is 0. The van der Waals surface area contributed by atoms with Crippen LogP contribution in [0.3, 0.4) is 0 Å². The van der Waals surface area contributed by atoms with E-state index >= 15 is 0 Å². The molecule has 1 saturated heterocycles. The van der Waals surface area contributed by atoms with Crippen LogP contribution in [-0.2, 0) is 11.2 Å². The number of hydrogen-bond acceptors (Lipinski definition) is 4. The van der Waals surface area contributed by atoms with E-state index in [-0.39, 0.29) is 0 Å². The van der Waals surface area contributed by atoms with Gasteiger partial charge in [0.2, 0.25) is 0 Å². The minimum absolute atomic E-state index is 0.407. The molecule has 1 aliphatic heterocycles. The molecule has 4 heteroatoms. The van der Waals surface area contributed by atoms with Gasteiger partial charge >= 0.3 is 0 Å². The molecule has 0 bridgehead atoms. The third kappa shape index (κ3) is 2.86.